The molecule has 28 heavy (non-hydrogen) atoms. The lowest BCUT2D eigenvalue weighted by Gasteiger charge is -2.37. The molecule has 0 aromatic heterocycles. The number of fused-ring (bicyclic) bond motifs is 1. The van der Waals surface area contributed by atoms with Gasteiger partial charge in [-0.15, -0.1) is 0 Å². The number of rotatable bonds is 5. The highest BCUT2D eigenvalue weighted by molar-refractivity contribution is 6.09. The summed E-state index contributed by atoms with van der Waals surface area (Å²) in [5.41, 5.74) is 4.90. The third-order valence-electron chi connectivity index (χ3n) is 5.57. The van der Waals surface area contributed by atoms with E-state index in [1.54, 1.807) is 0 Å². The molecule has 1 atom stereocenters. The van der Waals surface area contributed by atoms with Crippen molar-refractivity contribution in [1.82, 2.24) is 0 Å². The predicted octanol–water partition coefficient (Wildman–Crippen LogP) is 6.26. The molecule has 1 nitrogen and oxygen atoms in total. The molecule has 0 N–H and O–H groups in total. The Morgan fingerprint density at radius 3 is 2.21 bits per heavy atom. The zero-order valence-electron chi connectivity index (χ0n) is 16.1. The Labute approximate surface area is 167 Å². The minimum Gasteiger partial charge on any atom is -0.294 e. The van der Waals surface area contributed by atoms with Gasteiger partial charge in [-0.05, 0) is 53.7 Å². The van der Waals surface area contributed by atoms with Crippen LogP contribution in [-0.2, 0) is 16.6 Å². The van der Waals surface area contributed by atoms with Gasteiger partial charge in [-0.2, -0.15) is 0 Å². The van der Waals surface area contributed by atoms with Crippen molar-refractivity contribution in [2.24, 2.45) is 0 Å². The molecule has 0 radical (unpaired) electrons. The zero-order valence-corrected chi connectivity index (χ0v) is 16.1. The monoisotopic (exact) mass is 364 g/mol. The molecule has 0 fully saturated rings. The van der Waals surface area contributed by atoms with Crippen LogP contribution < -0.4 is 0 Å². The van der Waals surface area contributed by atoms with Crippen molar-refractivity contribution in [3.8, 4) is 0 Å². The fraction of sp³-hybridized carbons (Fsp3) is 0.148. The standard InChI is InChI=1S/C27H24O/c1-21-19-24-16-8-9-17-25(24)27(26(21)28,20-23-13-6-3-7-14-23)18-10-15-22-11-4-2-5-12-22/h2-17,19H,18,20H2,1H3/b15-10+/t27-/m1/s1. The molecule has 138 valence electrons. The maximum absolute atomic E-state index is 13.6. The van der Waals surface area contributed by atoms with Gasteiger partial charge in [-0.3, -0.25) is 4.79 Å². The molecule has 0 heterocycles. The van der Waals surface area contributed by atoms with E-state index in [1.807, 2.05) is 61.5 Å². The fourth-order valence-electron chi connectivity index (χ4n) is 4.21. The lowest BCUT2D eigenvalue weighted by Crippen LogP contribution is -2.41. The Balaban J connectivity index is 1.78. The molecule has 0 saturated heterocycles. The number of hydrogen-bond acceptors (Lipinski definition) is 1. The molecule has 0 spiro atoms. The van der Waals surface area contributed by atoms with Crippen molar-refractivity contribution in [2.75, 3.05) is 0 Å². The summed E-state index contributed by atoms with van der Waals surface area (Å²) in [6.07, 6.45) is 7.69. The lowest BCUT2D eigenvalue weighted by atomic mass is 9.64. The number of ketones is 1. The first-order valence-corrected chi connectivity index (χ1v) is 9.77. The lowest BCUT2D eigenvalue weighted by molar-refractivity contribution is -0.120. The average molecular weight is 364 g/mol. The number of carbonyl (C=O) groups excluding carboxylic acids is 1. The van der Waals surface area contributed by atoms with E-state index in [4.69, 9.17) is 0 Å². The van der Waals surface area contributed by atoms with Crippen LogP contribution in [0, 0.1) is 0 Å². The van der Waals surface area contributed by atoms with Crippen molar-refractivity contribution in [2.45, 2.75) is 25.2 Å². The molecule has 0 saturated carbocycles. The summed E-state index contributed by atoms with van der Waals surface area (Å²) < 4.78 is 0. The van der Waals surface area contributed by atoms with Gasteiger partial charge in [-0.25, -0.2) is 0 Å². The van der Waals surface area contributed by atoms with E-state index in [2.05, 4.69) is 48.6 Å². The Kier molecular flexibility index (Phi) is 5.08. The maximum Gasteiger partial charge on any atom is 0.169 e. The SMILES string of the molecule is CC1=Cc2ccccc2[C@@](C/C=C/c2ccccc2)(Cc2ccccc2)C1=O. The summed E-state index contributed by atoms with van der Waals surface area (Å²) in [4.78, 5) is 13.6. The third kappa shape index (κ3) is 3.48. The van der Waals surface area contributed by atoms with Crippen molar-refractivity contribution < 1.29 is 4.79 Å². The van der Waals surface area contributed by atoms with E-state index >= 15 is 0 Å². The van der Waals surface area contributed by atoms with Crippen molar-refractivity contribution in [3.05, 3.63) is 119 Å². The van der Waals surface area contributed by atoms with Gasteiger partial charge in [0.05, 0.1) is 5.41 Å². The third-order valence-corrected chi connectivity index (χ3v) is 5.57. The van der Waals surface area contributed by atoms with Crippen LogP contribution in [0.2, 0.25) is 0 Å². The maximum atomic E-state index is 13.6. The Hall–Kier alpha value is -3.19. The second-order valence-electron chi connectivity index (χ2n) is 7.51. The first kappa shape index (κ1) is 18.2. The van der Waals surface area contributed by atoms with Crippen LogP contribution in [0.4, 0.5) is 0 Å². The molecule has 3 aromatic carbocycles. The molecular formula is C27H24O. The summed E-state index contributed by atoms with van der Waals surface area (Å²) in [7, 11) is 0. The van der Waals surface area contributed by atoms with Crippen molar-refractivity contribution in [1.29, 1.82) is 0 Å². The molecular weight excluding hydrogens is 340 g/mol. The van der Waals surface area contributed by atoms with Crippen LogP contribution in [0.1, 0.15) is 35.6 Å². The number of benzene rings is 3. The van der Waals surface area contributed by atoms with Crippen LogP contribution in [0.25, 0.3) is 12.2 Å². The minimum absolute atomic E-state index is 0.229. The first-order chi connectivity index (χ1) is 13.7. The van der Waals surface area contributed by atoms with E-state index in [0.29, 0.717) is 12.8 Å². The van der Waals surface area contributed by atoms with Gasteiger partial charge in [0.25, 0.3) is 0 Å². The van der Waals surface area contributed by atoms with Gasteiger partial charge in [0.1, 0.15) is 0 Å². The molecule has 1 aliphatic carbocycles. The highest BCUT2D eigenvalue weighted by Gasteiger charge is 2.43. The first-order valence-electron chi connectivity index (χ1n) is 9.77. The quantitative estimate of drug-likeness (QED) is 0.522. The second-order valence-corrected chi connectivity index (χ2v) is 7.51. The molecule has 0 bridgehead atoms. The van der Waals surface area contributed by atoms with Gasteiger partial charge in [0.15, 0.2) is 5.78 Å². The Bertz CT molecular complexity index is 1030. The molecule has 0 aliphatic heterocycles. The predicted molar refractivity (Wildman–Crippen MR) is 117 cm³/mol. The van der Waals surface area contributed by atoms with Gasteiger partial charge in [0.2, 0.25) is 0 Å². The number of Topliss-reactive ketones (excluding diaryl/α,β-unsaturated/α-hetero) is 1. The smallest absolute Gasteiger partial charge is 0.169 e. The van der Waals surface area contributed by atoms with Crippen LogP contribution in [0.15, 0.2) is 96.6 Å². The van der Waals surface area contributed by atoms with Gasteiger partial charge in [0, 0.05) is 0 Å². The van der Waals surface area contributed by atoms with E-state index < -0.39 is 5.41 Å². The molecule has 0 amide bonds. The van der Waals surface area contributed by atoms with Crippen LogP contribution >= 0.6 is 0 Å². The van der Waals surface area contributed by atoms with Crippen LogP contribution in [0.5, 0.6) is 0 Å². The number of hydrogen-bond donors (Lipinski definition) is 0. The van der Waals surface area contributed by atoms with Crippen LogP contribution in [0.3, 0.4) is 0 Å². The minimum atomic E-state index is -0.567. The van der Waals surface area contributed by atoms with Crippen molar-refractivity contribution in [3.63, 3.8) is 0 Å². The fourth-order valence-corrected chi connectivity index (χ4v) is 4.21. The van der Waals surface area contributed by atoms with Crippen molar-refractivity contribution >= 4 is 17.9 Å². The largest absolute Gasteiger partial charge is 0.294 e. The van der Waals surface area contributed by atoms with Gasteiger partial charge < -0.3 is 0 Å². The molecule has 0 unspecified atom stereocenters. The number of allylic oxidation sites excluding steroid dienone is 2. The normalized spacial score (nSPS) is 18.8. The highest BCUT2D eigenvalue weighted by Crippen LogP contribution is 2.42. The molecule has 1 heteroatoms. The number of carbonyl (C=O) groups is 1. The molecule has 3 aromatic rings. The Morgan fingerprint density at radius 2 is 1.46 bits per heavy atom. The summed E-state index contributed by atoms with van der Waals surface area (Å²) >= 11 is 0. The van der Waals surface area contributed by atoms with E-state index in [9.17, 15) is 4.79 Å². The zero-order chi connectivity index (χ0) is 19.4. The molecule has 4 rings (SSSR count). The van der Waals surface area contributed by atoms with Crippen LogP contribution in [-0.4, -0.2) is 5.78 Å². The summed E-state index contributed by atoms with van der Waals surface area (Å²) in [6.45, 7) is 1.94. The second kappa shape index (κ2) is 7.82. The Morgan fingerprint density at radius 1 is 0.821 bits per heavy atom. The van der Waals surface area contributed by atoms with Gasteiger partial charge in [-0.1, -0.05) is 97.1 Å². The summed E-state index contributed by atoms with van der Waals surface area (Å²) in [5, 5.41) is 0. The van der Waals surface area contributed by atoms with E-state index in [0.717, 1.165) is 22.3 Å². The highest BCUT2D eigenvalue weighted by atomic mass is 16.1. The molecule has 1 aliphatic rings. The van der Waals surface area contributed by atoms with E-state index in [-0.39, 0.29) is 5.78 Å². The van der Waals surface area contributed by atoms with E-state index in [1.165, 1.54) is 5.56 Å². The van der Waals surface area contributed by atoms with Gasteiger partial charge >= 0.3 is 0 Å². The summed E-state index contributed by atoms with van der Waals surface area (Å²) in [5.74, 6) is 0.229. The topological polar surface area (TPSA) is 17.1 Å². The summed E-state index contributed by atoms with van der Waals surface area (Å²) in [6, 6.07) is 28.9. The average Bonchev–Trinajstić information content (AvgIpc) is 2.73.